The van der Waals surface area contributed by atoms with Gasteiger partial charge >= 0.3 is 0 Å². The number of hydrogen-bond donors (Lipinski definition) is 1. The predicted octanol–water partition coefficient (Wildman–Crippen LogP) is 5.16. The van der Waals surface area contributed by atoms with Crippen molar-refractivity contribution in [2.24, 2.45) is 0 Å². The summed E-state index contributed by atoms with van der Waals surface area (Å²) >= 11 is 1.51. The van der Waals surface area contributed by atoms with Gasteiger partial charge in [-0.15, -0.1) is 11.8 Å². The fourth-order valence-electron chi connectivity index (χ4n) is 3.99. The molecule has 0 unspecified atom stereocenters. The summed E-state index contributed by atoms with van der Waals surface area (Å²) < 4.78 is 28.9. The molecular formula is C30H37N3O4S2. The number of nitrogens with one attached hydrogen (secondary N) is 1. The third kappa shape index (κ3) is 7.86. The van der Waals surface area contributed by atoms with Crippen LogP contribution >= 0.6 is 11.8 Å². The van der Waals surface area contributed by atoms with E-state index in [-0.39, 0.29) is 23.4 Å². The molecule has 2 amide bonds. The molecular weight excluding hydrogens is 530 g/mol. The van der Waals surface area contributed by atoms with Crippen LogP contribution in [0, 0.1) is 13.8 Å². The molecule has 1 atom stereocenters. The minimum Gasteiger partial charge on any atom is -0.352 e. The summed E-state index contributed by atoms with van der Waals surface area (Å²) in [6.45, 7) is 8.96. The van der Waals surface area contributed by atoms with Gasteiger partial charge in [-0.2, -0.15) is 0 Å². The molecule has 3 rings (SSSR count). The summed E-state index contributed by atoms with van der Waals surface area (Å²) in [6, 6.07) is 20.4. The van der Waals surface area contributed by atoms with E-state index in [1.807, 2.05) is 70.3 Å². The zero-order valence-corrected chi connectivity index (χ0v) is 25.0. The molecule has 0 aliphatic rings. The molecule has 0 saturated carbocycles. The Morgan fingerprint density at radius 2 is 1.38 bits per heavy atom. The zero-order valence-electron chi connectivity index (χ0n) is 23.3. The van der Waals surface area contributed by atoms with Crippen LogP contribution < -0.4 is 9.62 Å². The Morgan fingerprint density at radius 1 is 0.846 bits per heavy atom. The van der Waals surface area contributed by atoms with Gasteiger partial charge in [0.15, 0.2) is 0 Å². The summed E-state index contributed by atoms with van der Waals surface area (Å²) in [4.78, 5) is 29.3. The number of carbonyl (C=O) groups excluding carboxylic acids is 2. The number of amides is 2. The Labute approximate surface area is 236 Å². The molecule has 9 heteroatoms. The largest absolute Gasteiger partial charge is 0.352 e. The van der Waals surface area contributed by atoms with Gasteiger partial charge in [0.2, 0.25) is 11.8 Å². The van der Waals surface area contributed by atoms with Gasteiger partial charge in [0.1, 0.15) is 12.6 Å². The second-order valence-corrected chi connectivity index (χ2v) is 12.6. The van der Waals surface area contributed by atoms with Crippen molar-refractivity contribution in [3.63, 3.8) is 0 Å². The van der Waals surface area contributed by atoms with Gasteiger partial charge in [-0.3, -0.25) is 13.9 Å². The highest BCUT2D eigenvalue weighted by Gasteiger charge is 2.32. The fraction of sp³-hybridized carbons (Fsp3) is 0.333. The van der Waals surface area contributed by atoms with E-state index < -0.39 is 28.5 Å². The van der Waals surface area contributed by atoms with Gasteiger partial charge in [-0.25, -0.2) is 8.42 Å². The van der Waals surface area contributed by atoms with Gasteiger partial charge in [-0.1, -0.05) is 47.5 Å². The fourth-order valence-corrected chi connectivity index (χ4v) is 5.82. The second-order valence-electron chi connectivity index (χ2n) is 9.87. The maximum absolute atomic E-state index is 13.9. The Kier molecular flexibility index (Phi) is 10.2. The molecule has 7 nitrogen and oxygen atoms in total. The van der Waals surface area contributed by atoms with Crippen LogP contribution in [-0.4, -0.2) is 50.0 Å². The first-order chi connectivity index (χ1) is 18.4. The van der Waals surface area contributed by atoms with E-state index in [1.54, 1.807) is 43.3 Å². The van der Waals surface area contributed by atoms with Crippen LogP contribution in [0.4, 0.5) is 5.69 Å². The van der Waals surface area contributed by atoms with E-state index in [0.29, 0.717) is 5.69 Å². The Bertz CT molecular complexity index is 1370. The Morgan fingerprint density at radius 3 is 1.90 bits per heavy atom. The number of hydrogen-bond acceptors (Lipinski definition) is 5. The SMILES string of the molecule is CSc1ccc(S(=O)(=O)N(CC(=O)N(Cc2ccc(C)cc2)[C@@H](C)C(=O)NC(C)C)c2ccc(C)cc2)cc1. The number of sulfonamides is 1. The molecule has 1 N–H and O–H groups in total. The molecule has 0 aliphatic heterocycles. The highest BCUT2D eigenvalue weighted by Crippen LogP contribution is 2.26. The van der Waals surface area contributed by atoms with Crippen LogP contribution in [0.2, 0.25) is 0 Å². The molecule has 0 saturated heterocycles. The summed E-state index contributed by atoms with van der Waals surface area (Å²) in [5.74, 6) is -0.783. The summed E-state index contributed by atoms with van der Waals surface area (Å²) in [7, 11) is -4.09. The van der Waals surface area contributed by atoms with Crippen LogP contribution in [0.25, 0.3) is 0 Å². The monoisotopic (exact) mass is 567 g/mol. The number of nitrogens with zero attached hydrogens (tertiary/aromatic N) is 2. The van der Waals surface area contributed by atoms with Crippen LogP contribution in [0.3, 0.4) is 0 Å². The first kappa shape index (κ1) is 30.2. The molecule has 3 aromatic rings. The van der Waals surface area contributed by atoms with Gasteiger partial charge in [-0.05, 0) is 82.8 Å². The van der Waals surface area contributed by atoms with Gasteiger partial charge in [0, 0.05) is 17.5 Å². The lowest BCUT2D eigenvalue weighted by molar-refractivity contribution is -0.139. The van der Waals surface area contributed by atoms with Crippen molar-refractivity contribution in [2.45, 2.75) is 63.0 Å². The highest BCUT2D eigenvalue weighted by atomic mass is 32.2. The van der Waals surface area contributed by atoms with E-state index in [4.69, 9.17) is 0 Å². The van der Waals surface area contributed by atoms with Gasteiger partial charge in [0.25, 0.3) is 10.0 Å². The van der Waals surface area contributed by atoms with Crippen molar-refractivity contribution in [3.05, 3.63) is 89.5 Å². The van der Waals surface area contributed by atoms with Gasteiger partial charge < -0.3 is 10.2 Å². The lowest BCUT2D eigenvalue weighted by Gasteiger charge is -2.32. The molecule has 0 fully saturated rings. The molecule has 0 heterocycles. The van der Waals surface area contributed by atoms with Crippen molar-refractivity contribution in [2.75, 3.05) is 17.1 Å². The molecule has 0 spiro atoms. The summed E-state index contributed by atoms with van der Waals surface area (Å²) in [6.07, 6.45) is 1.92. The first-order valence-electron chi connectivity index (χ1n) is 12.8. The molecule has 0 bridgehead atoms. The molecule has 0 radical (unpaired) electrons. The van der Waals surface area contributed by atoms with Crippen LogP contribution in [0.5, 0.6) is 0 Å². The smallest absolute Gasteiger partial charge is 0.264 e. The highest BCUT2D eigenvalue weighted by molar-refractivity contribution is 7.98. The molecule has 3 aromatic carbocycles. The number of anilines is 1. The van der Waals surface area contributed by atoms with E-state index in [1.165, 1.54) is 16.7 Å². The quantitative estimate of drug-likeness (QED) is 0.324. The molecule has 39 heavy (non-hydrogen) atoms. The molecule has 208 valence electrons. The number of aryl methyl sites for hydroxylation is 2. The second kappa shape index (κ2) is 13.2. The van der Waals surface area contributed by atoms with Crippen LogP contribution in [0.15, 0.2) is 82.6 Å². The van der Waals surface area contributed by atoms with Crippen molar-refractivity contribution in [1.29, 1.82) is 0 Å². The van der Waals surface area contributed by atoms with E-state index in [0.717, 1.165) is 25.9 Å². The maximum atomic E-state index is 13.9. The standard InChI is InChI=1S/C30H37N3O4S2/c1-21(2)31-30(35)24(5)32(19-25-11-7-22(3)8-12-25)29(34)20-33(26-13-9-23(4)10-14-26)39(36,37)28-17-15-27(38-6)16-18-28/h7-18,21,24H,19-20H2,1-6H3,(H,31,35)/t24-/m0/s1. The zero-order chi connectivity index (χ0) is 28.7. The Hall–Kier alpha value is -3.30. The van der Waals surface area contributed by atoms with Crippen molar-refractivity contribution < 1.29 is 18.0 Å². The average Bonchev–Trinajstić information content (AvgIpc) is 2.91. The summed E-state index contributed by atoms with van der Waals surface area (Å²) in [5.41, 5.74) is 3.26. The number of benzene rings is 3. The molecule has 0 aliphatic carbocycles. The number of thioether (sulfide) groups is 1. The predicted molar refractivity (Wildman–Crippen MR) is 158 cm³/mol. The number of carbonyl (C=O) groups is 2. The lowest BCUT2D eigenvalue weighted by Crippen LogP contribution is -2.52. The van der Waals surface area contributed by atoms with Crippen molar-refractivity contribution in [1.82, 2.24) is 10.2 Å². The lowest BCUT2D eigenvalue weighted by atomic mass is 10.1. The van der Waals surface area contributed by atoms with Crippen LogP contribution in [0.1, 0.15) is 37.5 Å². The van der Waals surface area contributed by atoms with Crippen LogP contribution in [-0.2, 0) is 26.2 Å². The van der Waals surface area contributed by atoms with Crippen molar-refractivity contribution >= 4 is 39.3 Å². The number of rotatable bonds is 11. The first-order valence-corrected chi connectivity index (χ1v) is 15.5. The minimum atomic E-state index is -4.09. The maximum Gasteiger partial charge on any atom is 0.264 e. The minimum absolute atomic E-state index is 0.0874. The normalized spacial score (nSPS) is 12.2. The molecule has 0 aromatic heterocycles. The third-order valence-corrected chi connectivity index (χ3v) is 8.85. The van der Waals surface area contributed by atoms with Gasteiger partial charge in [0.05, 0.1) is 10.6 Å². The van der Waals surface area contributed by atoms with E-state index >= 15 is 0 Å². The Balaban J connectivity index is 2.02. The van der Waals surface area contributed by atoms with E-state index in [9.17, 15) is 18.0 Å². The average molecular weight is 568 g/mol. The third-order valence-electron chi connectivity index (χ3n) is 6.32. The summed E-state index contributed by atoms with van der Waals surface area (Å²) in [5, 5.41) is 2.86. The topological polar surface area (TPSA) is 86.8 Å². The van der Waals surface area contributed by atoms with Crippen molar-refractivity contribution in [3.8, 4) is 0 Å². The van der Waals surface area contributed by atoms with E-state index in [2.05, 4.69) is 5.32 Å².